The monoisotopic (exact) mass is 334 g/mol. The highest BCUT2D eigenvalue weighted by molar-refractivity contribution is 6.00. The van der Waals surface area contributed by atoms with Crippen LogP contribution in [0.15, 0.2) is 30.0 Å². The Hall–Kier alpha value is -2.83. The highest BCUT2D eigenvalue weighted by Crippen LogP contribution is 2.19. The number of carbonyl (C=O) groups excluding carboxylic acids is 3. The van der Waals surface area contributed by atoms with Gasteiger partial charge in [0.15, 0.2) is 0 Å². The number of carbonyl (C=O) groups is 3. The van der Waals surface area contributed by atoms with Gasteiger partial charge in [-0.05, 0) is 31.0 Å². The van der Waals surface area contributed by atoms with E-state index in [0.29, 0.717) is 17.8 Å². The van der Waals surface area contributed by atoms with Gasteiger partial charge in [-0.25, -0.2) is 9.59 Å². The van der Waals surface area contributed by atoms with Gasteiger partial charge in [-0.1, -0.05) is 13.0 Å². The first-order chi connectivity index (χ1) is 11.4. The molecule has 2 N–H and O–H groups in total. The number of amides is 1. The fourth-order valence-corrected chi connectivity index (χ4v) is 1.82. The Kier molecular flexibility index (Phi) is 7.48. The number of hydrogen-bond donors (Lipinski definition) is 2. The highest BCUT2D eigenvalue weighted by atomic mass is 16.5. The van der Waals surface area contributed by atoms with E-state index in [1.807, 2.05) is 13.8 Å². The van der Waals surface area contributed by atoms with Crippen molar-refractivity contribution in [3.63, 3.8) is 0 Å². The molecule has 0 aliphatic carbocycles. The summed E-state index contributed by atoms with van der Waals surface area (Å²) in [6.07, 6.45) is 1.83. The van der Waals surface area contributed by atoms with Crippen molar-refractivity contribution >= 4 is 23.5 Å². The lowest BCUT2D eigenvalue weighted by Crippen LogP contribution is -2.24. The predicted octanol–water partition coefficient (Wildman–Crippen LogP) is 1.78. The summed E-state index contributed by atoms with van der Waals surface area (Å²) < 4.78 is 9.17. The predicted molar refractivity (Wildman–Crippen MR) is 89.5 cm³/mol. The third kappa shape index (κ3) is 5.42. The molecule has 0 aliphatic rings. The average Bonchev–Trinajstić information content (AvgIpc) is 2.59. The van der Waals surface area contributed by atoms with Crippen LogP contribution in [-0.4, -0.2) is 38.6 Å². The second-order valence-corrected chi connectivity index (χ2v) is 4.98. The number of esters is 2. The van der Waals surface area contributed by atoms with Crippen molar-refractivity contribution in [1.29, 1.82) is 0 Å². The van der Waals surface area contributed by atoms with Crippen LogP contribution in [0.1, 0.15) is 29.3 Å². The standard InChI is InChI=1S/C17H22N2O5/c1-5-8-18-16(21)12-7-6-11(2)13(9-12)19-14(17(22)24-4)10-15(20)23-3/h6-7,9-10,19H,5,8H2,1-4H3,(H,18,21)/b14-10+. The smallest absolute Gasteiger partial charge is 0.354 e. The molecule has 24 heavy (non-hydrogen) atoms. The van der Waals surface area contributed by atoms with E-state index in [0.717, 1.165) is 18.1 Å². The van der Waals surface area contributed by atoms with Gasteiger partial charge in [0, 0.05) is 17.8 Å². The number of hydrogen-bond acceptors (Lipinski definition) is 6. The minimum absolute atomic E-state index is 0.0847. The molecule has 0 aromatic heterocycles. The molecule has 0 unspecified atom stereocenters. The molecule has 1 aromatic carbocycles. The zero-order valence-electron chi connectivity index (χ0n) is 14.3. The van der Waals surface area contributed by atoms with E-state index in [-0.39, 0.29) is 11.6 Å². The minimum atomic E-state index is -0.722. The van der Waals surface area contributed by atoms with Crippen molar-refractivity contribution in [3.8, 4) is 0 Å². The number of anilines is 1. The molecule has 0 spiro atoms. The summed E-state index contributed by atoms with van der Waals surface area (Å²) in [5.41, 5.74) is 1.67. The molecule has 0 fully saturated rings. The molecular weight excluding hydrogens is 312 g/mol. The van der Waals surface area contributed by atoms with E-state index in [9.17, 15) is 14.4 Å². The topological polar surface area (TPSA) is 93.7 Å². The third-order valence-corrected chi connectivity index (χ3v) is 3.17. The van der Waals surface area contributed by atoms with E-state index in [1.165, 1.54) is 14.2 Å². The van der Waals surface area contributed by atoms with Gasteiger partial charge in [-0.3, -0.25) is 4.79 Å². The average molecular weight is 334 g/mol. The first-order valence-electron chi connectivity index (χ1n) is 7.46. The lowest BCUT2D eigenvalue weighted by Gasteiger charge is -2.13. The molecule has 0 saturated carbocycles. The molecule has 0 atom stereocenters. The lowest BCUT2D eigenvalue weighted by molar-refractivity contribution is -0.138. The van der Waals surface area contributed by atoms with Crippen LogP contribution in [0.25, 0.3) is 0 Å². The molecule has 0 aliphatic heterocycles. The van der Waals surface area contributed by atoms with Crippen molar-refractivity contribution in [1.82, 2.24) is 5.32 Å². The van der Waals surface area contributed by atoms with E-state index >= 15 is 0 Å². The number of aryl methyl sites for hydroxylation is 1. The Morgan fingerprint density at radius 2 is 1.88 bits per heavy atom. The summed E-state index contributed by atoms with van der Waals surface area (Å²) >= 11 is 0. The normalized spacial score (nSPS) is 10.8. The van der Waals surface area contributed by atoms with Crippen LogP contribution in [0, 0.1) is 6.92 Å². The fraction of sp³-hybridized carbons (Fsp3) is 0.353. The van der Waals surface area contributed by atoms with Crippen molar-refractivity contribution < 1.29 is 23.9 Å². The Balaban J connectivity index is 3.10. The fourth-order valence-electron chi connectivity index (χ4n) is 1.82. The minimum Gasteiger partial charge on any atom is -0.466 e. The van der Waals surface area contributed by atoms with Gasteiger partial charge < -0.3 is 20.1 Å². The lowest BCUT2D eigenvalue weighted by atomic mass is 10.1. The van der Waals surface area contributed by atoms with Crippen molar-refractivity contribution in [2.45, 2.75) is 20.3 Å². The Labute approximate surface area is 141 Å². The maximum absolute atomic E-state index is 12.0. The van der Waals surface area contributed by atoms with Gasteiger partial charge >= 0.3 is 11.9 Å². The van der Waals surface area contributed by atoms with Crippen LogP contribution in [0.2, 0.25) is 0 Å². The van der Waals surface area contributed by atoms with Crippen molar-refractivity contribution in [2.24, 2.45) is 0 Å². The second kappa shape index (κ2) is 9.34. The Bertz CT molecular complexity index is 652. The van der Waals surface area contributed by atoms with E-state index in [4.69, 9.17) is 0 Å². The van der Waals surface area contributed by atoms with Crippen molar-refractivity contribution in [2.75, 3.05) is 26.1 Å². The number of ether oxygens (including phenoxy) is 2. The van der Waals surface area contributed by atoms with E-state index in [1.54, 1.807) is 18.2 Å². The van der Waals surface area contributed by atoms with Gasteiger partial charge in [-0.15, -0.1) is 0 Å². The summed E-state index contributed by atoms with van der Waals surface area (Å²) in [7, 11) is 2.41. The summed E-state index contributed by atoms with van der Waals surface area (Å²) in [5.74, 6) is -1.63. The second-order valence-electron chi connectivity index (χ2n) is 4.98. The summed E-state index contributed by atoms with van der Waals surface area (Å²) in [5, 5.41) is 5.60. The van der Waals surface area contributed by atoms with E-state index in [2.05, 4.69) is 20.1 Å². The first kappa shape index (κ1) is 19.2. The summed E-state index contributed by atoms with van der Waals surface area (Å²) in [6.45, 7) is 4.34. The first-order valence-corrected chi connectivity index (χ1v) is 7.46. The molecule has 1 rings (SSSR count). The van der Waals surface area contributed by atoms with Crippen LogP contribution in [0.5, 0.6) is 0 Å². The molecule has 0 saturated heterocycles. The van der Waals surface area contributed by atoms with Gasteiger partial charge in [0.05, 0.1) is 20.3 Å². The maximum Gasteiger partial charge on any atom is 0.354 e. The van der Waals surface area contributed by atoms with Gasteiger partial charge in [0.1, 0.15) is 5.70 Å². The summed E-state index contributed by atoms with van der Waals surface area (Å²) in [6, 6.07) is 5.04. The molecule has 7 heteroatoms. The van der Waals surface area contributed by atoms with Crippen LogP contribution < -0.4 is 10.6 Å². The SMILES string of the molecule is CCCNC(=O)c1ccc(C)c(N/C(=C/C(=O)OC)C(=O)OC)c1. The molecular formula is C17H22N2O5. The zero-order chi connectivity index (χ0) is 18.1. The number of benzene rings is 1. The molecule has 1 aromatic rings. The molecule has 7 nitrogen and oxygen atoms in total. The number of methoxy groups -OCH3 is 2. The van der Waals surface area contributed by atoms with Gasteiger partial charge in [-0.2, -0.15) is 0 Å². The Morgan fingerprint density at radius 1 is 1.17 bits per heavy atom. The van der Waals surface area contributed by atoms with Crippen molar-refractivity contribution in [3.05, 3.63) is 41.1 Å². The number of nitrogens with one attached hydrogen (secondary N) is 2. The molecule has 1 amide bonds. The largest absolute Gasteiger partial charge is 0.466 e. The third-order valence-electron chi connectivity index (χ3n) is 3.17. The number of rotatable bonds is 7. The molecule has 0 radical (unpaired) electrons. The van der Waals surface area contributed by atoms with Crippen LogP contribution in [0.4, 0.5) is 5.69 Å². The zero-order valence-corrected chi connectivity index (χ0v) is 14.3. The quantitative estimate of drug-likeness (QED) is 0.583. The van der Waals surface area contributed by atoms with Crippen LogP contribution >= 0.6 is 0 Å². The molecule has 130 valence electrons. The van der Waals surface area contributed by atoms with Gasteiger partial charge in [0.2, 0.25) is 0 Å². The molecule has 0 heterocycles. The maximum atomic E-state index is 12.0. The van der Waals surface area contributed by atoms with Crippen LogP contribution in [-0.2, 0) is 19.1 Å². The highest BCUT2D eigenvalue weighted by Gasteiger charge is 2.15. The summed E-state index contributed by atoms with van der Waals surface area (Å²) in [4.78, 5) is 35.2. The molecule has 0 bridgehead atoms. The Morgan fingerprint density at radius 3 is 2.46 bits per heavy atom. The van der Waals surface area contributed by atoms with Crippen LogP contribution in [0.3, 0.4) is 0 Å². The van der Waals surface area contributed by atoms with E-state index < -0.39 is 11.9 Å². The van der Waals surface area contributed by atoms with Gasteiger partial charge in [0.25, 0.3) is 5.91 Å².